The Morgan fingerprint density at radius 2 is 2.00 bits per heavy atom. The quantitative estimate of drug-likeness (QED) is 0.636. The average Bonchev–Trinajstić information content (AvgIpc) is 2.46. The number of hydrogen-bond donors (Lipinski definition) is 2. The van der Waals surface area contributed by atoms with E-state index in [1.165, 1.54) is 6.07 Å². The minimum Gasteiger partial charge on any atom is -0.371 e. The van der Waals surface area contributed by atoms with Gasteiger partial charge in [-0.3, -0.25) is 14.9 Å². The van der Waals surface area contributed by atoms with Crippen molar-refractivity contribution in [2.45, 2.75) is 0 Å². The molecular weight excluding hydrogens is 284 g/mol. The van der Waals surface area contributed by atoms with Gasteiger partial charge >= 0.3 is 0 Å². The van der Waals surface area contributed by atoms with Crippen molar-refractivity contribution in [1.82, 2.24) is 10.2 Å². The molecule has 0 bridgehead atoms. The summed E-state index contributed by atoms with van der Waals surface area (Å²) in [7, 11) is 0. The van der Waals surface area contributed by atoms with Crippen LogP contribution in [-0.4, -0.2) is 48.5 Å². The molecule has 0 saturated carbocycles. The third kappa shape index (κ3) is 4.07. The lowest BCUT2D eigenvalue weighted by Gasteiger charge is -2.27. The molecule has 1 fully saturated rings. The second-order valence-corrected chi connectivity index (χ2v) is 4.26. The highest BCUT2D eigenvalue weighted by molar-refractivity contribution is 5.85. The SMILES string of the molecule is Cl.O=C(CNc1ccccc1[N+](=O)[O-])N1CCNCC1. The summed E-state index contributed by atoms with van der Waals surface area (Å²) in [5.74, 6) is -0.0420. The highest BCUT2D eigenvalue weighted by Crippen LogP contribution is 2.22. The first-order chi connectivity index (χ1) is 9.18. The normalized spacial score (nSPS) is 14.3. The van der Waals surface area contributed by atoms with Crippen LogP contribution in [-0.2, 0) is 4.79 Å². The lowest BCUT2D eigenvalue weighted by molar-refractivity contribution is -0.383. The maximum atomic E-state index is 11.9. The number of carbonyl (C=O) groups is 1. The van der Waals surface area contributed by atoms with Gasteiger partial charge in [-0.2, -0.15) is 0 Å². The van der Waals surface area contributed by atoms with E-state index in [1.54, 1.807) is 23.1 Å². The number of nitrogens with zero attached hydrogens (tertiary/aromatic N) is 2. The Balaban J connectivity index is 0.00000200. The molecule has 7 nitrogen and oxygen atoms in total. The van der Waals surface area contributed by atoms with Crippen LogP contribution >= 0.6 is 12.4 Å². The van der Waals surface area contributed by atoms with Gasteiger partial charge in [-0.1, -0.05) is 12.1 Å². The summed E-state index contributed by atoms with van der Waals surface area (Å²) >= 11 is 0. The van der Waals surface area contributed by atoms with Crippen molar-refractivity contribution in [3.63, 3.8) is 0 Å². The minimum atomic E-state index is -0.461. The van der Waals surface area contributed by atoms with Crippen LogP contribution in [0.15, 0.2) is 24.3 Å². The fourth-order valence-corrected chi connectivity index (χ4v) is 1.98. The number of nitrogens with one attached hydrogen (secondary N) is 2. The third-order valence-electron chi connectivity index (χ3n) is 3.00. The first kappa shape index (κ1) is 16.2. The van der Waals surface area contributed by atoms with Crippen molar-refractivity contribution < 1.29 is 9.72 Å². The molecule has 2 N–H and O–H groups in total. The highest BCUT2D eigenvalue weighted by Gasteiger charge is 2.17. The van der Waals surface area contributed by atoms with E-state index in [0.29, 0.717) is 18.8 Å². The van der Waals surface area contributed by atoms with Gasteiger partial charge in [0.15, 0.2) is 0 Å². The van der Waals surface area contributed by atoms with E-state index in [2.05, 4.69) is 10.6 Å². The molecule has 20 heavy (non-hydrogen) atoms. The number of rotatable bonds is 4. The average molecular weight is 301 g/mol. The van der Waals surface area contributed by atoms with E-state index in [1.807, 2.05) is 0 Å². The molecule has 1 aromatic rings. The molecule has 0 radical (unpaired) electrons. The van der Waals surface area contributed by atoms with Crippen LogP contribution in [0, 0.1) is 10.1 Å². The van der Waals surface area contributed by atoms with Gasteiger partial charge < -0.3 is 15.5 Å². The molecular formula is C12H17ClN4O3. The lowest BCUT2D eigenvalue weighted by atomic mass is 10.2. The zero-order chi connectivity index (χ0) is 13.7. The van der Waals surface area contributed by atoms with E-state index in [0.717, 1.165) is 13.1 Å². The molecule has 8 heteroatoms. The molecule has 1 aromatic carbocycles. The van der Waals surface area contributed by atoms with Crippen LogP contribution in [0.25, 0.3) is 0 Å². The molecule has 0 aliphatic carbocycles. The van der Waals surface area contributed by atoms with Crippen LogP contribution in [0.2, 0.25) is 0 Å². The summed E-state index contributed by atoms with van der Waals surface area (Å²) in [5, 5.41) is 16.8. The number of amides is 1. The topological polar surface area (TPSA) is 87.5 Å². The van der Waals surface area contributed by atoms with Crippen molar-refractivity contribution >= 4 is 29.7 Å². The molecule has 0 aromatic heterocycles. The first-order valence-corrected chi connectivity index (χ1v) is 6.14. The smallest absolute Gasteiger partial charge is 0.292 e. The van der Waals surface area contributed by atoms with Gasteiger partial charge in [-0.15, -0.1) is 12.4 Å². The standard InChI is InChI=1S/C12H16N4O3.ClH/c17-12(15-7-5-13-6-8-15)9-14-10-3-1-2-4-11(10)16(18)19;/h1-4,13-14H,5-9H2;1H. The highest BCUT2D eigenvalue weighted by atomic mass is 35.5. The molecule has 1 amide bonds. The molecule has 0 spiro atoms. The van der Waals surface area contributed by atoms with Crippen molar-refractivity contribution in [2.24, 2.45) is 0 Å². The number of benzene rings is 1. The largest absolute Gasteiger partial charge is 0.371 e. The van der Waals surface area contributed by atoms with Crippen molar-refractivity contribution in [3.05, 3.63) is 34.4 Å². The number of para-hydroxylation sites is 2. The molecule has 1 aliphatic rings. The summed E-state index contributed by atoms with van der Waals surface area (Å²) in [6.07, 6.45) is 0. The molecule has 110 valence electrons. The summed E-state index contributed by atoms with van der Waals surface area (Å²) in [6.45, 7) is 3.01. The minimum absolute atomic E-state index is 0. The van der Waals surface area contributed by atoms with E-state index in [9.17, 15) is 14.9 Å². The van der Waals surface area contributed by atoms with Crippen LogP contribution < -0.4 is 10.6 Å². The van der Waals surface area contributed by atoms with Crippen molar-refractivity contribution in [2.75, 3.05) is 38.0 Å². The Morgan fingerprint density at radius 1 is 1.35 bits per heavy atom. The second kappa shape index (κ2) is 7.66. The monoisotopic (exact) mass is 300 g/mol. The summed E-state index contributed by atoms with van der Waals surface area (Å²) in [5.41, 5.74) is 0.353. The predicted octanol–water partition coefficient (Wildman–Crippen LogP) is 0.860. The van der Waals surface area contributed by atoms with Crippen LogP contribution in [0.4, 0.5) is 11.4 Å². The Labute approximate surface area is 122 Å². The number of halogens is 1. The van der Waals surface area contributed by atoms with E-state index < -0.39 is 4.92 Å². The second-order valence-electron chi connectivity index (χ2n) is 4.26. The van der Waals surface area contributed by atoms with Crippen molar-refractivity contribution in [1.29, 1.82) is 0 Å². The van der Waals surface area contributed by atoms with Crippen LogP contribution in [0.5, 0.6) is 0 Å². The molecule has 2 rings (SSSR count). The molecule has 0 atom stereocenters. The van der Waals surface area contributed by atoms with E-state index in [4.69, 9.17) is 0 Å². The third-order valence-corrected chi connectivity index (χ3v) is 3.00. The van der Waals surface area contributed by atoms with Crippen molar-refractivity contribution in [3.8, 4) is 0 Å². The Hall–Kier alpha value is -1.86. The number of nitro benzene ring substituents is 1. The lowest BCUT2D eigenvalue weighted by Crippen LogP contribution is -2.48. The van der Waals surface area contributed by atoms with E-state index in [-0.39, 0.29) is 30.5 Å². The molecule has 1 aliphatic heterocycles. The van der Waals surface area contributed by atoms with Crippen LogP contribution in [0.3, 0.4) is 0 Å². The number of piperazine rings is 1. The van der Waals surface area contributed by atoms with Gasteiger partial charge in [0.2, 0.25) is 5.91 Å². The summed E-state index contributed by atoms with van der Waals surface area (Å²) < 4.78 is 0. The Bertz CT molecular complexity index is 478. The maximum absolute atomic E-state index is 11.9. The van der Waals surface area contributed by atoms with Gasteiger partial charge in [0, 0.05) is 32.2 Å². The zero-order valence-electron chi connectivity index (χ0n) is 10.9. The first-order valence-electron chi connectivity index (χ1n) is 6.14. The molecule has 1 heterocycles. The summed E-state index contributed by atoms with van der Waals surface area (Å²) in [4.78, 5) is 24.0. The van der Waals surface area contributed by atoms with Gasteiger partial charge in [0.1, 0.15) is 5.69 Å². The van der Waals surface area contributed by atoms with Gasteiger partial charge in [0.25, 0.3) is 5.69 Å². The number of carbonyl (C=O) groups excluding carboxylic acids is 1. The number of hydrogen-bond acceptors (Lipinski definition) is 5. The maximum Gasteiger partial charge on any atom is 0.292 e. The molecule has 1 saturated heterocycles. The number of anilines is 1. The van der Waals surface area contributed by atoms with Crippen LogP contribution in [0.1, 0.15) is 0 Å². The Morgan fingerprint density at radius 3 is 2.65 bits per heavy atom. The predicted molar refractivity (Wildman–Crippen MR) is 78.3 cm³/mol. The number of nitro groups is 1. The fourth-order valence-electron chi connectivity index (χ4n) is 1.98. The summed E-state index contributed by atoms with van der Waals surface area (Å²) in [6, 6.07) is 6.31. The van der Waals surface area contributed by atoms with Gasteiger partial charge in [-0.25, -0.2) is 0 Å². The Kier molecular flexibility index (Phi) is 6.20. The van der Waals surface area contributed by atoms with Gasteiger partial charge in [-0.05, 0) is 6.07 Å². The zero-order valence-corrected chi connectivity index (χ0v) is 11.7. The van der Waals surface area contributed by atoms with E-state index >= 15 is 0 Å². The molecule has 0 unspecified atom stereocenters. The van der Waals surface area contributed by atoms with Gasteiger partial charge in [0.05, 0.1) is 11.5 Å². The fraction of sp³-hybridized carbons (Fsp3) is 0.417.